The van der Waals surface area contributed by atoms with Crippen LogP contribution in [0.2, 0.25) is 0 Å². The number of nitrogens with zero attached hydrogens (tertiary/aromatic N) is 2. The third-order valence-corrected chi connectivity index (χ3v) is 4.65. The highest BCUT2D eigenvalue weighted by atomic mass is 35.5. The Balaban J connectivity index is 0.00000242. The van der Waals surface area contributed by atoms with Gasteiger partial charge in [-0.2, -0.15) is 0 Å². The maximum Gasteiger partial charge on any atom is 0.190 e. The van der Waals surface area contributed by atoms with E-state index in [1.165, 1.54) is 16.9 Å². The van der Waals surface area contributed by atoms with Crippen molar-refractivity contribution in [2.24, 2.45) is 4.99 Å². The molecule has 0 amide bonds. The van der Waals surface area contributed by atoms with Crippen molar-refractivity contribution < 1.29 is 9.90 Å². The van der Waals surface area contributed by atoms with Crippen LogP contribution in [-0.4, -0.2) is 22.1 Å². The molecular formula is C16H21ClN2O2S. The normalized spacial score (nSPS) is 11.4. The minimum absolute atomic E-state index is 0. The molecule has 22 heavy (non-hydrogen) atoms. The van der Waals surface area contributed by atoms with Crippen molar-refractivity contribution in [3.63, 3.8) is 0 Å². The number of halogens is 1. The standard InChI is InChI=1S/C16H20N2O2S.ClH/c1-4-13-5-7-14(8-6-13)17-16-18(9-10-19)11(2)15(21-16)12(3)20;/h5-8,19H,4,9-10H2,1-3H3;1H/b17-16-;. The van der Waals surface area contributed by atoms with Crippen molar-refractivity contribution in [2.45, 2.75) is 33.7 Å². The zero-order valence-electron chi connectivity index (χ0n) is 13.0. The molecule has 0 atom stereocenters. The van der Waals surface area contributed by atoms with Crippen LogP contribution in [0, 0.1) is 6.92 Å². The molecule has 0 radical (unpaired) electrons. The van der Waals surface area contributed by atoms with Crippen molar-refractivity contribution in [3.05, 3.63) is 45.2 Å². The minimum Gasteiger partial charge on any atom is -0.395 e. The molecule has 0 aliphatic carbocycles. The molecule has 4 nitrogen and oxygen atoms in total. The summed E-state index contributed by atoms with van der Waals surface area (Å²) in [6.45, 7) is 6.03. The van der Waals surface area contributed by atoms with E-state index >= 15 is 0 Å². The van der Waals surface area contributed by atoms with Crippen LogP contribution in [0.4, 0.5) is 5.69 Å². The highest BCUT2D eigenvalue weighted by molar-refractivity contribution is 7.11. The fourth-order valence-corrected chi connectivity index (χ4v) is 3.25. The van der Waals surface area contributed by atoms with Gasteiger partial charge in [0, 0.05) is 19.2 Å². The Labute approximate surface area is 140 Å². The Hall–Kier alpha value is -1.43. The number of thiazole rings is 1. The Morgan fingerprint density at radius 1 is 1.32 bits per heavy atom. The minimum atomic E-state index is 0. The molecule has 0 saturated carbocycles. The van der Waals surface area contributed by atoms with Gasteiger partial charge in [-0.15, -0.1) is 12.4 Å². The fraction of sp³-hybridized carbons (Fsp3) is 0.375. The number of carbonyl (C=O) groups is 1. The summed E-state index contributed by atoms with van der Waals surface area (Å²) in [5.41, 5.74) is 2.99. The van der Waals surface area contributed by atoms with E-state index in [-0.39, 0.29) is 24.8 Å². The van der Waals surface area contributed by atoms with Gasteiger partial charge in [0.05, 0.1) is 17.2 Å². The summed E-state index contributed by atoms with van der Waals surface area (Å²) in [5.74, 6) is 0.0342. The maximum absolute atomic E-state index is 11.7. The molecule has 0 unspecified atom stereocenters. The first-order chi connectivity index (χ1) is 10.1. The first-order valence-corrected chi connectivity index (χ1v) is 7.84. The topological polar surface area (TPSA) is 54.6 Å². The maximum atomic E-state index is 11.7. The van der Waals surface area contributed by atoms with Gasteiger partial charge in [0.15, 0.2) is 10.6 Å². The van der Waals surface area contributed by atoms with Crippen molar-refractivity contribution >= 4 is 35.2 Å². The van der Waals surface area contributed by atoms with Gasteiger partial charge in [0.25, 0.3) is 0 Å². The van der Waals surface area contributed by atoms with Crippen LogP contribution in [0.25, 0.3) is 0 Å². The van der Waals surface area contributed by atoms with E-state index in [0.29, 0.717) is 11.4 Å². The quantitative estimate of drug-likeness (QED) is 0.849. The van der Waals surface area contributed by atoms with Crippen LogP contribution in [0.5, 0.6) is 0 Å². The molecule has 6 heteroatoms. The van der Waals surface area contributed by atoms with Crippen LogP contribution >= 0.6 is 23.7 Å². The Kier molecular flexibility index (Phi) is 7.00. The van der Waals surface area contributed by atoms with Gasteiger partial charge in [0.2, 0.25) is 0 Å². The molecule has 120 valence electrons. The van der Waals surface area contributed by atoms with E-state index in [4.69, 9.17) is 0 Å². The van der Waals surface area contributed by atoms with E-state index in [0.717, 1.165) is 22.6 Å². The van der Waals surface area contributed by atoms with Crippen molar-refractivity contribution in [1.82, 2.24) is 4.57 Å². The zero-order chi connectivity index (χ0) is 15.4. The second kappa shape index (κ2) is 8.27. The largest absolute Gasteiger partial charge is 0.395 e. The lowest BCUT2D eigenvalue weighted by atomic mass is 10.2. The van der Waals surface area contributed by atoms with E-state index in [2.05, 4.69) is 24.0 Å². The van der Waals surface area contributed by atoms with E-state index in [1.54, 1.807) is 6.92 Å². The fourth-order valence-electron chi connectivity index (χ4n) is 2.18. The first kappa shape index (κ1) is 18.6. The molecule has 2 rings (SSSR count). The third kappa shape index (κ3) is 4.06. The number of Topliss-reactive ketones (excluding diaryl/α,β-unsaturated/α-hetero) is 1. The monoisotopic (exact) mass is 340 g/mol. The lowest BCUT2D eigenvalue weighted by molar-refractivity contribution is 0.102. The van der Waals surface area contributed by atoms with Crippen molar-refractivity contribution in [2.75, 3.05) is 6.61 Å². The van der Waals surface area contributed by atoms with Gasteiger partial charge in [-0.25, -0.2) is 4.99 Å². The predicted octanol–water partition coefficient (Wildman–Crippen LogP) is 3.27. The molecule has 0 aliphatic rings. The lowest BCUT2D eigenvalue weighted by Crippen LogP contribution is -2.18. The number of aryl methyl sites for hydroxylation is 1. The number of hydrogen-bond donors (Lipinski definition) is 1. The van der Waals surface area contributed by atoms with Gasteiger partial charge < -0.3 is 9.67 Å². The molecular weight excluding hydrogens is 320 g/mol. The third-order valence-electron chi connectivity index (χ3n) is 3.37. The SMILES string of the molecule is CCc1ccc(/N=c2\sc(C(C)=O)c(C)n2CCO)cc1.Cl. The van der Waals surface area contributed by atoms with Crippen molar-refractivity contribution in [1.29, 1.82) is 0 Å². The number of rotatable bonds is 5. The van der Waals surface area contributed by atoms with Crippen LogP contribution < -0.4 is 4.80 Å². The number of hydrogen-bond acceptors (Lipinski definition) is 4. The summed E-state index contributed by atoms with van der Waals surface area (Å²) < 4.78 is 1.90. The van der Waals surface area contributed by atoms with Crippen LogP contribution in [0.15, 0.2) is 29.3 Å². The summed E-state index contributed by atoms with van der Waals surface area (Å²) in [4.78, 5) is 17.7. The Bertz CT molecular complexity index is 702. The Morgan fingerprint density at radius 3 is 2.45 bits per heavy atom. The summed E-state index contributed by atoms with van der Waals surface area (Å²) in [6, 6.07) is 8.07. The molecule has 0 saturated heterocycles. The number of ketones is 1. The molecule has 1 heterocycles. The van der Waals surface area contributed by atoms with Gasteiger partial charge in [0.1, 0.15) is 0 Å². The zero-order valence-corrected chi connectivity index (χ0v) is 14.6. The average Bonchev–Trinajstić information content (AvgIpc) is 2.78. The predicted molar refractivity (Wildman–Crippen MR) is 92.4 cm³/mol. The molecule has 0 bridgehead atoms. The second-order valence-electron chi connectivity index (χ2n) is 4.86. The number of carbonyl (C=O) groups excluding carboxylic acids is 1. The average molecular weight is 341 g/mol. The molecule has 1 N–H and O–H groups in total. The van der Waals surface area contributed by atoms with Crippen LogP contribution in [-0.2, 0) is 13.0 Å². The van der Waals surface area contributed by atoms with Crippen LogP contribution in [0.3, 0.4) is 0 Å². The highest BCUT2D eigenvalue weighted by Crippen LogP contribution is 2.16. The van der Waals surface area contributed by atoms with Gasteiger partial charge in [-0.3, -0.25) is 4.79 Å². The number of aromatic nitrogens is 1. The van der Waals surface area contributed by atoms with Crippen molar-refractivity contribution in [3.8, 4) is 0 Å². The van der Waals surface area contributed by atoms with E-state index in [9.17, 15) is 9.90 Å². The summed E-state index contributed by atoms with van der Waals surface area (Å²) >= 11 is 1.37. The summed E-state index contributed by atoms with van der Waals surface area (Å²) in [6.07, 6.45) is 0.997. The highest BCUT2D eigenvalue weighted by Gasteiger charge is 2.12. The van der Waals surface area contributed by atoms with Gasteiger partial charge in [-0.1, -0.05) is 30.4 Å². The molecule has 0 aliphatic heterocycles. The second-order valence-corrected chi connectivity index (χ2v) is 5.84. The smallest absolute Gasteiger partial charge is 0.190 e. The molecule has 0 spiro atoms. The number of aliphatic hydroxyl groups is 1. The summed E-state index contributed by atoms with van der Waals surface area (Å²) in [7, 11) is 0. The molecule has 0 fully saturated rings. The van der Waals surface area contributed by atoms with Crippen LogP contribution in [0.1, 0.15) is 34.8 Å². The Morgan fingerprint density at radius 2 is 1.95 bits per heavy atom. The number of benzene rings is 1. The first-order valence-electron chi connectivity index (χ1n) is 7.02. The van der Waals surface area contributed by atoms with E-state index < -0.39 is 0 Å². The summed E-state index contributed by atoms with van der Waals surface area (Å²) in [5, 5.41) is 9.21. The lowest BCUT2D eigenvalue weighted by Gasteiger charge is -2.03. The molecule has 2 aromatic rings. The van der Waals surface area contributed by atoms with Gasteiger partial charge in [-0.05, 0) is 31.0 Å². The number of aliphatic hydroxyl groups excluding tert-OH is 1. The molecule has 1 aromatic carbocycles. The van der Waals surface area contributed by atoms with E-state index in [1.807, 2.05) is 23.6 Å². The van der Waals surface area contributed by atoms with Gasteiger partial charge >= 0.3 is 0 Å². The molecule has 1 aromatic heterocycles.